The minimum Gasteiger partial charge on any atom is -0.469 e. The molecule has 0 saturated heterocycles. The molecule has 1 N–H and O–H groups in total. The van der Waals surface area contributed by atoms with Crippen LogP contribution in [-0.2, 0) is 20.9 Å². The highest BCUT2D eigenvalue weighted by molar-refractivity contribution is 6.29. The van der Waals surface area contributed by atoms with E-state index in [9.17, 15) is 9.59 Å². The van der Waals surface area contributed by atoms with Crippen molar-refractivity contribution in [3.05, 3.63) is 23.2 Å². The van der Waals surface area contributed by atoms with Crippen molar-refractivity contribution in [3.63, 3.8) is 0 Å². The number of esters is 1. The van der Waals surface area contributed by atoms with Crippen molar-refractivity contribution in [2.24, 2.45) is 11.8 Å². The van der Waals surface area contributed by atoms with Gasteiger partial charge in [-0.05, 0) is 19.3 Å². The Morgan fingerprint density at radius 3 is 2.76 bits per heavy atom. The fourth-order valence-corrected chi connectivity index (χ4v) is 2.76. The molecule has 1 fully saturated rings. The van der Waals surface area contributed by atoms with Crippen LogP contribution in [0, 0.1) is 11.8 Å². The molecular formula is C14H18ClN3O3. The molecule has 21 heavy (non-hydrogen) atoms. The maximum Gasteiger partial charge on any atom is 0.308 e. The molecular weight excluding hydrogens is 294 g/mol. The minimum absolute atomic E-state index is 0.0784. The summed E-state index contributed by atoms with van der Waals surface area (Å²) >= 11 is 5.89. The average molecular weight is 312 g/mol. The monoisotopic (exact) mass is 311 g/mol. The molecule has 6 nitrogen and oxygen atoms in total. The van der Waals surface area contributed by atoms with E-state index in [-0.39, 0.29) is 35.4 Å². The molecule has 1 aliphatic rings. The molecule has 0 bridgehead atoms. The van der Waals surface area contributed by atoms with Gasteiger partial charge in [-0.1, -0.05) is 18.0 Å². The van der Waals surface area contributed by atoms with E-state index in [1.165, 1.54) is 19.5 Å². The molecule has 1 aromatic rings. The lowest BCUT2D eigenvalue weighted by molar-refractivity contribution is -0.147. The zero-order valence-electron chi connectivity index (χ0n) is 11.8. The third-order valence-electron chi connectivity index (χ3n) is 3.73. The number of hydrogen-bond donors (Lipinski definition) is 1. The van der Waals surface area contributed by atoms with Crippen molar-refractivity contribution in [1.29, 1.82) is 0 Å². The van der Waals surface area contributed by atoms with E-state index in [4.69, 9.17) is 16.3 Å². The number of nitrogens with zero attached hydrogens (tertiary/aromatic N) is 2. The summed E-state index contributed by atoms with van der Waals surface area (Å²) in [5.41, 5.74) is 0.535. The number of aromatic nitrogens is 2. The average Bonchev–Trinajstić information content (AvgIpc) is 2.53. The summed E-state index contributed by atoms with van der Waals surface area (Å²) in [4.78, 5) is 31.7. The molecule has 1 saturated carbocycles. The van der Waals surface area contributed by atoms with Crippen LogP contribution >= 0.6 is 11.6 Å². The third kappa shape index (κ3) is 4.14. The lowest BCUT2D eigenvalue weighted by atomic mass is 9.81. The molecule has 1 aromatic heterocycles. The summed E-state index contributed by atoms with van der Waals surface area (Å²) in [6.07, 6.45) is 5.98. The van der Waals surface area contributed by atoms with E-state index in [1.54, 1.807) is 0 Å². The van der Waals surface area contributed by atoms with Gasteiger partial charge in [-0.25, -0.2) is 4.98 Å². The molecule has 2 unspecified atom stereocenters. The summed E-state index contributed by atoms with van der Waals surface area (Å²) in [5.74, 6) is -0.660. The van der Waals surface area contributed by atoms with Gasteiger partial charge in [0, 0.05) is 18.3 Å². The number of carbonyl (C=O) groups excluding carboxylic acids is 2. The van der Waals surface area contributed by atoms with E-state index in [0.717, 1.165) is 19.3 Å². The Kier molecular flexibility index (Phi) is 5.50. The topological polar surface area (TPSA) is 81.2 Å². The normalized spacial score (nSPS) is 21.6. The van der Waals surface area contributed by atoms with Crippen molar-refractivity contribution in [1.82, 2.24) is 15.3 Å². The third-order valence-corrected chi connectivity index (χ3v) is 4.05. The van der Waals surface area contributed by atoms with Crippen LogP contribution in [0.15, 0.2) is 12.4 Å². The first-order valence-electron chi connectivity index (χ1n) is 6.92. The van der Waals surface area contributed by atoms with Gasteiger partial charge in [-0.3, -0.25) is 14.6 Å². The Balaban J connectivity index is 1.88. The molecule has 2 atom stereocenters. The van der Waals surface area contributed by atoms with Crippen molar-refractivity contribution in [2.45, 2.75) is 32.2 Å². The number of rotatable bonds is 4. The Morgan fingerprint density at radius 2 is 2.05 bits per heavy atom. The van der Waals surface area contributed by atoms with E-state index in [2.05, 4.69) is 15.3 Å². The second-order valence-electron chi connectivity index (χ2n) is 5.10. The molecule has 1 amide bonds. The minimum atomic E-state index is -0.232. The molecule has 1 aliphatic carbocycles. The molecule has 1 heterocycles. The van der Waals surface area contributed by atoms with Gasteiger partial charge in [-0.2, -0.15) is 0 Å². The summed E-state index contributed by atoms with van der Waals surface area (Å²) in [6.45, 7) is 0.241. The number of amides is 1. The van der Waals surface area contributed by atoms with Gasteiger partial charge in [0.05, 0.1) is 25.3 Å². The van der Waals surface area contributed by atoms with Gasteiger partial charge < -0.3 is 10.1 Å². The quantitative estimate of drug-likeness (QED) is 0.856. The number of halogens is 1. The van der Waals surface area contributed by atoms with Gasteiger partial charge >= 0.3 is 5.97 Å². The Bertz CT molecular complexity index is 524. The number of methoxy groups -OCH3 is 1. The van der Waals surface area contributed by atoms with Crippen molar-refractivity contribution in [2.75, 3.05) is 7.11 Å². The van der Waals surface area contributed by atoms with Crippen molar-refractivity contribution >= 4 is 23.5 Å². The van der Waals surface area contributed by atoms with E-state index >= 15 is 0 Å². The molecule has 0 spiro atoms. The van der Waals surface area contributed by atoms with Gasteiger partial charge in [-0.15, -0.1) is 0 Å². The predicted octanol–water partition coefficient (Wildman–Crippen LogP) is 1.73. The van der Waals surface area contributed by atoms with Crippen LogP contribution < -0.4 is 5.32 Å². The lowest BCUT2D eigenvalue weighted by Crippen LogP contribution is -2.35. The smallest absolute Gasteiger partial charge is 0.308 e. The second kappa shape index (κ2) is 7.36. The zero-order valence-corrected chi connectivity index (χ0v) is 12.6. The molecule has 114 valence electrons. The highest BCUT2D eigenvalue weighted by atomic mass is 35.5. The predicted molar refractivity (Wildman–Crippen MR) is 76.4 cm³/mol. The van der Waals surface area contributed by atoms with Crippen LogP contribution in [0.25, 0.3) is 0 Å². The number of ether oxygens (including phenoxy) is 1. The Hall–Kier alpha value is -1.69. The molecule has 0 aromatic carbocycles. The summed E-state index contributed by atoms with van der Waals surface area (Å²) in [6, 6.07) is 0. The Morgan fingerprint density at radius 1 is 1.33 bits per heavy atom. The van der Waals surface area contributed by atoms with E-state index in [1.807, 2.05) is 0 Å². The fraction of sp³-hybridized carbons (Fsp3) is 0.571. The molecule has 2 rings (SSSR count). The standard InChI is InChI=1S/C14H18ClN3O3/c1-21-14(20)10-4-2-3-9(7-10)13(19)18-8-11-12(15)17-6-5-16-11/h5-6,9-10H,2-4,7-8H2,1H3,(H,18,19). The summed E-state index contributed by atoms with van der Waals surface area (Å²) in [5, 5.41) is 3.09. The van der Waals surface area contributed by atoms with Crippen LogP contribution in [0.2, 0.25) is 5.15 Å². The first-order valence-corrected chi connectivity index (χ1v) is 7.30. The van der Waals surface area contributed by atoms with Crippen LogP contribution in [0.3, 0.4) is 0 Å². The second-order valence-corrected chi connectivity index (χ2v) is 5.45. The van der Waals surface area contributed by atoms with E-state index in [0.29, 0.717) is 12.1 Å². The zero-order chi connectivity index (χ0) is 15.2. The summed E-state index contributed by atoms with van der Waals surface area (Å²) < 4.78 is 4.76. The van der Waals surface area contributed by atoms with Gasteiger partial charge in [0.1, 0.15) is 0 Å². The molecule has 0 radical (unpaired) electrons. The fourth-order valence-electron chi connectivity index (χ4n) is 2.59. The van der Waals surface area contributed by atoms with Crippen LogP contribution in [0.1, 0.15) is 31.4 Å². The van der Waals surface area contributed by atoms with Crippen LogP contribution in [-0.4, -0.2) is 29.0 Å². The number of hydrogen-bond acceptors (Lipinski definition) is 5. The maximum absolute atomic E-state index is 12.2. The van der Waals surface area contributed by atoms with Crippen LogP contribution in [0.5, 0.6) is 0 Å². The first kappa shape index (κ1) is 15.7. The van der Waals surface area contributed by atoms with Crippen LogP contribution in [0.4, 0.5) is 0 Å². The first-order chi connectivity index (χ1) is 10.1. The SMILES string of the molecule is COC(=O)C1CCCC(C(=O)NCc2nccnc2Cl)C1. The molecule has 0 aliphatic heterocycles. The van der Waals surface area contributed by atoms with Gasteiger partial charge in [0.2, 0.25) is 5.91 Å². The summed E-state index contributed by atoms with van der Waals surface area (Å²) in [7, 11) is 1.38. The van der Waals surface area contributed by atoms with E-state index < -0.39 is 0 Å². The lowest BCUT2D eigenvalue weighted by Gasteiger charge is -2.26. The number of nitrogens with one attached hydrogen (secondary N) is 1. The van der Waals surface area contributed by atoms with Gasteiger partial charge in [0.15, 0.2) is 5.15 Å². The Labute approximate surface area is 128 Å². The highest BCUT2D eigenvalue weighted by Gasteiger charge is 2.31. The largest absolute Gasteiger partial charge is 0.469 e. The van der Waals surface area contributed by atoms with Crippen molar-refractivity contribution < 1.29 is 14.3 Å². The molecule has 7 heteroatoms. The highest BCUT2D eigenvalue weighted by Crippen LogP contribution is 2.30. The maximum atomic E-state index is 12.2. The number of carbonyl (C=O) groups is 2. The van der Waals surface area contributed by atoms with Crippen molar-refractivity contribution in [3.8, 4) is 0 Å². The van der Waals surface area contributed by atoms with Gasteiger partial charge in [0.25, 0.3) is 0 Å².